The number of aliphatic carboxylic acids is 1. The summed E-state index contributed by atoms with van der Waals surface area (Å²) in [5, 5.41) is 17.8. The van der Waals surface area contributed by atoms with Crippen molar-refractivity contribution >= 4 is 5.97 Å². The number of carbonyl (C=O) groups is 1. The van der Waals surface area contributed by atoms with E-state index in [1.54, 1.807) is 0 Å². The monoisotopic (exact) mass is 222 g/mol. The highest BCUT2D eigenvalue weighted by Gasteiger charge is 2.31. The first-order valence-corrected chi connectivity index (χ1v) is 4.55. The second-order valence-electron chi connectivity index (χ2n) is 3.12. The Hall–Kier alpha value is -0.690. The van der Waals surface area contributed by atoms with Gasteiger partial charge < -0.3 is 24.4 Å². The van der Waals surface area contributed by atoms with Crippen molar-refractivity contribution in [2.75, 3.05) is 27.6 Å². The van der Waals surface area contributed by atoms with Crippen molar-refractivity contribution < 1.29 is 29.2 Å². The van der Waals surface area contributed by atoms with Gasteiger partial charge in [0.05, 0.1) is 12.5 Å². The molecule has 3 atom stereocenters. The molecule has 0 aromatic carbocycles. The number of ether oxygens (including phenoxy) is 3. The zero-order valence-electron chi connectivity index (χ0n) is 9.17. The minimum atomic E-state index is -1.01. The molecule has 0 unspecified atom stereocenters. The maximum Gasteiger partial charge on any atom is 0.308 e. The first kappa shape index (κ1) is 14.3. The third-order valence-electron chi connectivity index (χ3n) is 2.11. The summed E-state index contributed by atoms with van der Waals surface area (Å²) in [6.45, 7) is 1.15. The highest BCUT2D eigenvalue weighted by atomic mass is 16.7. The van der Waals surface area contributed by atoms with Gasteiger partial charge in [-0.25, -0.2) is 0 Å². The first-order valence-electron chi connectivity index (χ1n) is 4.55. The lowest BCUT2D eigenvalue weighted by Crippen LogP contribution is -2.42. The molecule has 0 radical (unpaired) electrons. The van der Waals surface area contributed by atoms with Gasteiger partial charge in [0.2, 0.25) is 0 Å². The summed E-state index contributed by atoms with van der Waals surface area (Å²) in [6, 6.07) is 0. The molecule has 0 rings (SSSR count). The number of aliphatic hydroxyl groups is 1. The first-order chi connectivity index (χ1) is 7.08. The fraction of sp³-hybridized carbons (Fsp3) is 0.889. The predicted octanol–water partition coefficient (Wildman–Crippen LogP) is -0.297. The summed E-state index contributed by atoms with van der Waals surface area (Å²) < 4.78 is 14.8. The summed E-state index contributed by atoms with van der Waals surface area (Å²) in [6.07, 6.45) is -1.41. The van der Waals surface area contributed by atoms with Crippen LogP contribution < -0.4 is 0 Å². The SMILES string of the molecule is COCO[C@H]([C@H](CO)OC)[C@H](C)C(=O)O. The summed E-state index contributed by atoms with van der Waals surface area (Å²) in [4.78, 5) is 10.8. The molecule has 6 nitrogen and oxygen atoms in total. The lowest BCUT2D eigenvalue weighted by atomic mass is 10.00. The zero-order chi connectivity index (χ0) is 11.8. The molecule has 0 saturated carbocycles. The van der Waals surface area contributed by atoms with Crippen LogP contribution in [-0.4, -0.2) is 56.0 Å². The lowest BCUT2D eigenvalue weighted by molar-refractivity contribution is -0.169. The highest BCUT2D eigenvalue weighted by molar-refractivity contribution is 5.70. The van der Waals surface area contributed by atoms with Crippen LogP contribution in [0.1, 0.15) is 6.92 Å². The Morgan fingerprint density at radius 1 is 1.40 bits per heavy atom. The Morgan fingerprint density at radius 2 is 2.00 bits per heavy atom. The molecule has 0 aromatic heterocycles. The van der Waals surface area contributed by atoms with E-state index >= 15 is 0 Å². The van der Waals surface area contributed by atoms with Crippen LogP contribution in [0.15, 0.2) is 0 Å². The second kappa shape index (κ2) is 7.58. The summed E-state index contributed by atoms with van der Waals surface area (Å²) in [5.74, 6) is -1.79. The van der Waals surface area contributed by atoms with Crippen LogP contribution in [0.4, 0.5) is 0 Å². The number of methoxy groups -OCH3 is 2. The number of rotatable bonds is 8. The van der Waals surface area contributed by atoms with E-state index in [9.17, 15) is 4.79 Å². The van der Waals surface area contributed by atoms with E-state index < -0.39 is 24.1 Å². The van der Waals surface area contributed by atoms with Gasteiger partial charge in [0.1, 0.15) is 19.0 Å². The summed E-state index contributed by atoms with van der Waals surface area (Å²) >= 11 is 0. The maximum absolute atomic E-state index is 10.8. The van der Waals surface area contributed by atoms with E-state index in [-0.39, 0.29) is 13.4 Å². The Balaban J connectivity index is 4.46. The van der Waals surface area contributed by atoms with Crippen LogP contribution in [0.2, 0.25) is 0 Å². The Labute approximate surface area is 88.7 Å². The molecule has 90 valence electrons. The molecule has 0 heterocycles. The van der Waals surface area contributed by atoms with Crippen LogP contribution in [-0.2, 0) is 19.0 Å². The molecule has 0 amide bonds. The molecule has 0 aliphatic carbocycles. The summed E-state index contributed by atoms with van der Waals surface area (Å²) in [7, 11) is 2.82. The van der Waals surface area contributed by atoms with Crippen LogP contribution in [0.25, 0.3) is 0 Å². The number of hydrogen-bond donors (Lipinski definition) is 2. The van der Waals surface area contributed by atoms with Crippen molar-refractivity contribution in [3.8, 4) is 0 Å². The normalized spacial score (nSPS) is 17.1. The minimum Gasteiger partial charge on any atom is -0.481 e. The fourth-order valence-electron chi connectivity index (χ4n) is 1.17. The van der Waals surface area contributed by atoms with E-state index in [1.165, 1.54) is 21.1 Å². The van der Waals surface area contributed by atoms with E-state index in [0.717, 1.165) is 0 Å². The molecule has 0 spiro atoms. The van der Waals surface area contributed by atoms with Gasteiger partial charge in [-0.1, -0.05) is 0 Å². The minimum absolute atomic E-state index is 0.0395. The molecule has 0 saturated heterocycles. The maximum atomic E-state index is 10.8. The molecule has 0 aliphatic rings. The fourth-order valence-corrected chi connectivity index (χ4v) is 1.17. The van der Waals surface area contributed by atoms with Gasteiger partial charge in [-0.2, -0.15) is 0 Å². The Kier molecular flexibility index (Phi) is 7.23. The molecule has 0 bridgehead atoms. The van der Waals surface area contributed by atoms with Gasteiger partial charge in [-0.15, -0.1) is 0 Å². The van der Waals surface area contributed by atoms with Gasteiger partial charge in [0, 0.05) is 14.2 Å². The molecular weight excluding hydrogens is 204 g/mol. The topological polar surface area (TPSA) is 85.2 Å². The van der Waals surface area contributed by atoms with Gasteiger partial charge in [-0.05, 0) is 6.92 Å². The van der Waals surface area contributed by atoms with E-state index in [2.05, 4.69) is 4.74 Å². The molecule has 15 heavy (non-hydrogen) atoms. The van der Waals surface area contributed by atoms with Gasteiger partial charge >= 0.3 is 5.97 Å². The van der Waals surface area contributed by atoms with Crippen molar-refractivity contribution in [1.82, 2.24) is 0 Å². The molecule has 2 N–H and O–H groups in total. The molecule has 6 heteroatoms. The third-order valence-corrected chi connectivity index (χ3v) is 2.11. The van der Waals surface area contributed by atoms with Gasteiger partial charge in [0.25, 0.3) is 0 Å². The Morgan fingerprint density at radius 3 is 2.33 bits per heavy atom. The van der Waals surface area contributed by atoms with E-state index in [4.69, 9.17) is 19.7 Å². The average molecular weight is 222 g/mol. The van der Waals surface area contributed by atoms with Crippen LogP contribution in [0, 0.1) is 5.92 Å². The average Bonchev–Trinajstić information content (AvgIpc) is 2.23. The van der Waals surface area contributed by atoms with Crippen LogP contribution >= 0.6 is 0 Å². The van der Waals surface area contributed by atoms with Gasteiger partial charge in [0.15, 0.2) is 0 Å². The van der Waals surface area contributed by atoms with Gasteiger partial charge in [-0.3, -0.25) is 4.79 Å². The second-order valence-corrected chi connectivity index (χ2v) is 3.12. The molecule has 0 aliphatic heterocycles. The number of hydrogen-bond acceptors (Lipinski definition) is 5. The van der Waals surface area contributed by atoms with Crippen molar-refractivity contribution in [2.45, 2.75) is 19.1 Å². The summed E-state index contributed by atoms with van der Waals surface area (Å²) in [5.41, 5.74) is 0. The smallest absolute Gasteiger partial charge is 0.308 e. The quantitative estimate of drug-likeness (QED) is 0.549. The largest absolute Gasteiger partial charge is 0.481 e. The molecule has 0 aromatic rings. The van der Waals surface area contributed by atoms with Crippen LogP contribution in [0.5, 0.6) is 0 Å². The van der Waals surface area contributed by atoms with Crippen LogP contribution in [0.3, 0.4) is 0 Å². The standard InChI is InChI=1S/C9H18O6/c1-6(9(11)12)8(15-5-13-2)7(4-10)14-3/h6-8,10H,4-5H2,1-3H3,(H,11,12)/t6-,7-,8-/m0/s1. The highest BCUT2D eigenvalue weighted by Crippen LogP contribution is 2.14. The third kappa shape index (κ3) is 4.57. The predicted molar refractivity (Wildman–Crippen MR) is 51.4 cm³/mol. The number of aliphatic hydroxyl groups excluding tert-OH is 1. The van der Waals surface area contributed by atoms with E-state index in [1.807, 2.05) is 0 Å². The lowest BCUT2D eigenvalue weighted by Gasteiger charge is -2.27. The van der Waals surface area contributed by atoms with Crippen molar-refractivity contribution in [3.63, 3.8) is 0 Å². The van der Waals surface area contributed by atoms with E-state index in [0.29, 0.717) is 0 Å². The van der Waals surface area contributed by atoms with Crippen molar-refractivity contribution in [2.24, 2.45) is 5.92 Å². The van der Waals surface area contributed by atoms with Crippen molar-refractivity contribution in [3.05, 3.63) is 0 Å². The molecular formula is C9H18O6. The zero-order valence-corrected chi connectivity index (χ0v) is 9.17. The Bertz CT molecular complexity index is 179. The number of carboxylic acids is 1. The van der Waals surface area contributed by atoms with Crippen molar-refractivity contribution in [1.29, 1.82) is 0 Å². The number of carboxylic acid groups (broad SMARTS) is 1. The molecule has 0 fully saturated rings.